The Kier molecular flexibility index (Phi) is 4.66. The number of rotatable bonds is 3. The Morgan fingerprint density at radius 3 is 2.84 bits per heavy atom. The summed E-state index contributed by atoms with van der Waals surface area (Å²) in [5.74, 6) is 0.379. The van der Waals surface area contributed by atoms with Crippen LogP contribution in [-0.4, -0.2) is 18.2 Å². The third kappa shape index (κ3) is 3.39. The number of benzene rings is 1. The smallest absolute Gasteiger partial charge is 0.234 e. The van der Waals surface area contributed by atoms with Crippen molar-refractivity contribution in [2.24, 2.45) is 5.92 Å². The van der Waals surface area contributed by atoms with Gasteiger partial charge in [0.25, 0.3) is 0 Å². The molecule has 2 N–H and O–H groups in total. The third-order valence-corrected chi connectivity index (χ3v) is 4.26. The number of thioether (sulfide) groups is 1. The zero-order chi connectivity index (χ0) is 13.8. The van der Waals surface area contributed by atoms with E-state index in [0.29, 0.717) is 12.3 Å². The first kappa shape index (κ1) is 14.2. The molecule has 102 valence electrons. The van der Waals surface area contributed by atoms with Crippen molar-refractivity contribution in [3.63, 3.8) is 0 Å². The lowest BCUT2D eigenvalue weighted by Gasteiger charge is -2.28. The first-order valence-corrected chi connectivity index (χ1v) is 7.70. The molecular formula is C15H20N2OS. The van der Waals surface area contributed by atoms with Crippen molar-refractivity contribution in [3.05, 3.63) is 35.9 Å². The largest absolute Gasteiger partial charge is 0.291 e. The zero-order valence-corrected chi connectivity index (χ0v) is 12.4. The van der Waals surface area contributed by atoms with Crippen LogP contribution in [0.3, 0.4) is 0 Å². The van der Waals surface area contributed by atoms with E-state index in [1.807, 2.05) is 0 Å². The minimum absolute atomic E-state index is 0.0688. The normalized spacial score (nSPS) is 24.2. The molecule has 0 spiro atoms. The Morgan fingerprint density at radius 1 is 1.42 bits per heavy atom. The Morgan fingerprint density at radius 2 is 2.16 bits per heavy atom. The van der Waals surface area contributed by atoms with E-state index in [4.69, 9.17) is 0 Å². The minimum atomic E-state index is 0.0688. The second kappa shape index (κ2) is 6.26. The highest BCUT2D eigenvalue weighted by Gasteiger charge is 2.23. The SMILES string of the molecule is CSc1ccccc1/C(C)=C/C1NNC(=O)CC1C. The van der Waals surface area contributed by atoms with Crippen LogP contribution in [-0.2, 0) is 4.79 Å². The number of amides is 1. The average Bonchev–Trinajstić information content (AvgIpc) is 2.41. The molecule has 1 aromatic rings. The molecule has 1 saturated heterocycles. The lowest BCUT2D eigenvalue weighted by molar-refractivity contribution is -0.125. The molecular weight excluding hydrogens is 256 g/mol. The maximum absolute atomic E-state index is 11.3. The topological polar surface area (TPSA) is 41.1 Å². The van der Waals surface area contributed by atoms with Crippen molar-refractivity contribution in [2.45, 2.75) is 31.2 Å². The molecule has 0 bridgehead atoms. The molecule has 1 amide bonds. The van der Waals surface area contributed by atoms with Crippen molar-refractivity contribution in [2.75, 3.05) is 6.26 Å². The molecule has 3 nitrogen and oxygen atoms in total. The lowest BCUT2D eigenvalue weighted by Crippen LogP contribution is -2.52. The molecule has 1 fully saturated rings. The Hall–Kier alpha value is -1.26. The summed E-state index contributed by atoms with van der Waals surface area (Å²) in [6.07, 6.45) is 4.87. The van der Waals surface area contributed by atoms with Crippen molar-refractivity contribution >= 4 is 23.2 Å². The van der Waals surface area contributed by atoms with E-state index in [0.717, 1.165) is 0 Å². The standard InChI is InChI=1S/C15H20N2OS/c1-10(12-6-4-5-7-14(12)19-3)8-13-11(2)9-15(18)17-16-13/h4-8,11,13,16H,9H2,1-3H3,(H,17,18)/b10-8+. The number of hydrazine groups is 1. The monoisotopic (exact) mass is 276 g/mol. The molecule has 1 aromatic carbocycles. The van der Waals surface area contributed by atoms with Gasteiger partial charge in [-0.3, -0.25) is 10.2 Å². The van der Waals surface area contributed by atoms with Crippen LogP contribution in [0.25, 0.3) is 5.57 Å². The van der Waals surface area contributed by atoms with Gasteiger partial charge in [-0.15, -0.1) is 11.8 Å². The number of carbonyl (C=O) groups excluding carboxylic acids is 1. The van der Waals surface area contributed by atoms with Crippen LogP contribution in [0.4, 0.5) is 0 Å². The molecule has 4 heteroatoms. The Bertz CT molecular complexity index is 499. The molecule has 1 aliphatic rings. The lowest BCUT2D eigenvalue weighted by atomic mass is 9.93. The molecule has 0 aliphatic carbocycles. The highest BCUT2D eigenvalue weighted by atomic mass is 32.2. The number of hydrogen-bond donors (Lipinski definition) is 2. The zero-order valence-electron chi connectivity index (χ0n) is 11.6. The predicted octanol–water partition coefficient (Wildman–Crippen LogP) is 2.84. The van der Waals surface area contributed by atoms with Gasteiger partial charge < -0.3 is 0 Å². The number of nitrogens with one attached hydrogen (secondary N) is 2. The summed E-state index contributed by atoms with van der Waals surface area (Å²) >= 11 is 1.76. The minimum Gasteiger partial charge on any atom is -0.291 e. The van der Waals surface area contributed by atoms with Crippen molar-refractivity contribution in [1.82, 2.24) is 10.9 Å². The van der Waals surface area contributed by atoms with Gasteiger partial charge in [-0.25, -0.2) is 5.43 Å². The number of hydrogen-bond acceptors (Lipinski definition) is 3. The average molecular weight is 276 g/mol. The summed E-state index contributed by atoms with van der Waals surface area (Å²) < 4.78 is 0. The van der Waals surface area contributed by atoms with Crippen LogP contribution < -0.4 is 10.9 Å². The molecule has 19 heavy (non-hydrogen) atoms. The van der Waals surface area contributed by atoms with E-state index < -0.39 is 0 Å². The van der Waals surface area contributed by atoms with E-state index in [9.17, 15) is 4.79 Å². The number of allylic oxidation sites excluding steroid dienone is 1. The van der Waals surface area contributed by atoms with Crippen LogP contribution >= 0.6 is 11.8 Å². The quantitative estimate of drug-likeness (QED) is 0.834. The summed E-state index contributed by atoms with van der Waals surface area (Å²) in [4.78, 5) is 12.6. The Labute approximate surface area is 118 Å². The molecule has 0 radical (unpaired) electrons. The maximum Gasteiger partial charge on any atom is 0.234 e. The first-order valence-electron chi connectivity index (χ1n) is 6.48. The fraction of sp³-hybridized carbons (Fsp3) is 0.400. The van der Waals surface area contributed by atoms with Gasteiger partial charge in [0.05, 0.1) is 0 Å². The van der Waals surface area contributed by atoms with Gasteiger partial charge in [0.1, 0.15) is 0 Å². The molecule has 2 atom stereocenters. The van der Waals surface area contributed by atoms with Crippen LogP contribution in [0.1, 0.15) is 25.8 Å². The van der Waals surface area contributed by atoms with Crippen LogP contribution in [0.5, 0.6) is 0 Å². The maximum atomic E-state index is 11.3. The highest BCUT2D eigenvalue weighted by Crippen LogP contribution is 2.27. The second-order valence-corrected chi connectivity index (χ2v) is 5.80. The van der Waals surface area contributed by atoms with E-state index in [2.05, 4.69) is 61.3 Å². The molecule has 1 heterocycles. The van der Waals surface area contributed by atoms with Gasteiger partial charge in [0.2, 0.25) is 5.91 Å². The molecule has 1 aliphatic heterocycles. The molecule has 2 unspecified atom stereocenters. The third-order valence-electron chi connectivity index (χ3n) is 3.46. The van der Waals surface area contributed by atoms with Crippen LogP contribution in [0.2, 0.25) is 0 Å². The predicted molar refractivity (Wildman–Crippen MR) is 80.7 cm³/mol. The Balaban J connectivity index is 2.20. The highest BCUT2D eigenvalue weighted by molar-refractivity contribution is 7.98. The fourth-order valence-electron chi connectivity index (χ4n) is 2.31. The summed E-state index contributed by atoms with van der Waals surface area (Å²) in [6.45, 7) is 4.22. The summed E-state index contributed by atoms with van der Waals surface area (Å²) in [7, 11) is 0. The van der Waals surface area contributed by atoms with Gasteiger partial charge in [0, 0.05) is 17.4 Å². The van der Waals surface area contributed by atoms with Crippen LogP contribution in [0.15, 0.2) is 35.2 Å². The van der Waals surface area contributed by atoms with E-state index in [1.54, 1.807) is 11.8 Å². The van der Waals surface area contributed by atoms with Gasteiger partial charge in [-0.1, -0.05) is 31.2 Å². The van der Waals surface area contributed by atoms with Crippen LogP contribution in [0, 0.1) is 5.92 Å². The molecule has 2 rings (SSSR count). The summed E-state index contributed by atoms with van der Waals surface area (Å²) in [6, 6.07) is 8.59. The van der Waals surface area contributed by atoms with E-state index in [1.165, 1.54) is 16.0 Å². The number of carbonyl (C=O) groups is 1. The van der Waals surface area contributed by atoms with Gasteiger partial charge in [-0.05, 0) is 36.3 Å². The van der Waals surface area contributed by atoms with Gasteiger partial charge in [0.15, 0.2) is 0 Å². The van der Waals surface area contributed by atoms with Crippen molar-refractivity contribution in [3.8, 4) is 0 Å². The van der Waals surface area contributed by atoms with Gasteiger partial charge in [-0.2, -0.15) is 0 Å². The van der Waals surface area contributed by atoms with Crippen molar-refractivity contribution in [1.29, 1.82) is 0 Å². The molecule has 0 aromatic heterocycles. The van der Waals surface area contributed by atoms with Crippen molar-refractivity contribution < 1.29 is 4.79 Å². The molecule has 0 saturated carbocycles. The van der Waals surface area contributed by atoms with E-state index in [-0.39, 0.29) is 11.9 Å². The summed E-state index contributed by atoms with van der Waals surface area (Å²) in [5, 5.41) is 0. The van der Waals surface area contributed by atoms with E-state index >= 15 is 0 Å². The second-order valence-electron chi connectivity index (χ2n) is 4.95. The first-order chi connectivity index (χ1) is 9.11. The van der Waals surface area contributed by atoms with Gasteiger partial charge >= 0.3 is 0 Å². The fourth-order valence-corrected chi connectivity index (χ4v) is 2.98. The summed E-state index contributed by atoms with van der Waals surface area (Å²) in [5.41, 5.74) is 8.29.